The van der Waals surface area contributed by atoms with Crippen molar-refractivity contribution in [3.8, 4) is 0 Å². The van der Waals surface area contributed by atoms with E-state index >= 15 is 0 Å². The van der Waals surface area contributed by atoms with E-state index in [9.17, 15) is 4.79 Å². The summed E-state index contributed by atoms with van der Waals surface area (Å²) in [4.78, 5) is 12.6. The molecule has 2 aromatic heterocycles. The third-order valence-electron chi connectivity index (χ3n) is 4.71. The Labute approximate surface area is 140 Å². The quantitative estimate of drug-likeness (QED) is 0.936. The van der Waals surface area contributed by atoms with Gasteiger partial charge < -0.3 is 10.1 Å². The summed E-state index contributed by atoms with van der Waals surface area (Å²) < 4.78 is 7.81. The Morgan fingerprint density at radius 2 is 2.30 bits per heavy atom. The topological polar surface area (TPSA) is 56.1 Å². The van der Waals surface area contributed by atoms with Crippen LogP contribution in [-0.4, -0.2) is 28.3 Å². The lowest BCUT2D eigenvalue weighted by Gasteiger charge is -2.22. The molecule has 0 aliphatic carbocycles. The Kier molecular flexibility index (Phi) is 4.55. The van der Waals surface area contributed by atoms with Gasteiger partial charge in [0.15, 0.2) is 0 Å². The molecule has 1 amide bonds. The Morgan fingerprint density at radius 1 is 1.52 bits per heavy atom. The standard InChI is InChI=1S/C17H23N3O2S/c1-10(13-6-8-23-9-13)17(21)18-14-5-7-22-16(14)15-11(2)19-20(4)12(15)3/h6,8-10,14,16H,5,7H2,1-4H3,(H,18,21)/t10-,14+,16+/m1/s1. The van der Waals surface area contributed by atoms with Gasteiger partial charge in [-0.3, -0.25) is 9.48 Å². The van der Waals surface area contributed by atoms with Gasteiger partial charge in [0, 0.05) is 24.9 Å². The molecular formula is C17H23N3O2S. The third kappa shape index (κ3) is 3.05. The van der Waals surface area contributed by atoms with Crippen LogP contribution in [0.1, 0.15) is 47.9 Å². The number of carbonyl (C=O) groups is 1. The summed E-state index contributed by atoms with van der Waals surface area (Å²) >= 11 is 1.62. The van der Waals surface area contributed by atoms with Gasteiger partial charge in [0.25, 0.3) is 0 Å². The van der Waals surface area contributed by atoms with Crippen molar-refractivity contribution in [3.63, 3.8) is 0 Å². The minimum Gasteiger partial charge on any atom is -0.371 e. The number of aromatic nitrogens is 2. The lowest BCUT2D eigenvalue weighted by Crippen LogP contribution is -2.39. The zero-order valence-corrected chi connectivity index (χ0v) is 14.8. The van der Waals surface area contributed by atoms with Gasteiger partial charge in [0.05, 0.1) is 17.7 Å². The van der Waals surface area contributed by atoms with Gasteiger partial charge in [0.2, 0.25) is 5.91 Å². The predicted molar refractivity (Wildman–Crippen MR) is 90.7 cm³/mol. The van der Waals surface area contributed by atoms with Crippen molar-refractivity contribution in [1.29, 1.82) is 0 Å². The lowest BCUT2D eigenvalue weighted by molar-refractivity contribution is -0.123. The molecule has 0 unspecified atom stereocenters. The molecule has 0 aromatic carbocycles. The van der Waals surface area contributed by atoms with E-state index in [1.807, 2.05) is 49.3 Å². The highest BCUT2D eigenvalue weighted by Crippen LogP contribution is 2.33. The van der Waals surface area contributed by atoms with Crippen LogP contribution >= 0.6 is 11.3 Å². The average Bonchev–Trinajstić information content (AvgIpc) is 3.22. The second-order valence-corrected chi connectivity index (χ2v) is 6.96. The summed E-state index contributed by atoms with van der Waals surface area (Å²) in [5.41, 5.74) is 4.25. The van der Waals surface area contributed by atoms with Gasteiger partial charge in [-0.05, 0) is 49.6 Å². The van der Waals surface area contributed by atoms with Crippen LogP contribution in [0.2, 0.25) is 0 Å². The normalized spacial score (nSPS) is 22.3. The van der Waals surface area contributed by atoms with Gasteiger partial charge in [-0.1, -0.05) is 0 Å². The second-order valence-electron chi connectivity index (χ2n) is 6.18. The first-order valence-corrected chi connectivity index (χ1v) is 8.87. The van der Waals surface area contributed by atoms with E-state index in [4.69, 9.17) is 4.74 Å². The monoisotopic (exact) mass is 333 g/mol. The molecule has 1 aliphatic heterocycles. The number of rotatable bonds is 4. The molecule has 3 rings (SSSR count). The molecule has 6 heteroatoms. The van der Waals surface area contributed by atoms with E-state index in [0.29, 0.717) is 6.61 Å². The molecule has 2 aromatic rings. The number of nitrogens with one attached hydrogen (secondary N) is 1. The molecule has 0 bridgehead atoms. The fourth-order valence-electron chi connectivity index (χ4n) is 3.20. The number of ether oxygens (including phenoxy) is 1. The molecule has 1 aliphatic rings. The minimum atomic E-state index is -0.140. The number of carbonyl (C=O) groups excluding carboxylic acids is 1. The Hall–Kier alpha value is -1.66. The third-order valence-corrected chi connectivity index (χ3v) is 5.41. The van der Waals surface area contributed by atoms with Crippen molar-refractivity contribution in [1.82, 2.24) is 15.1 Å². The molecule has 3 heterocycles. The molecule has 0 radical (unpaired) electrons. The van der Waals surface area contributed by atoms with E-state index in [0.717, 1.165) is 28.9 Å². The van der Waals surface area contributed by atoms with Crippen LogP contribution in [0, 0.1) is 13.8 Å². The van der Waals surface area contributed by atoms with Crippen LogP contribution in [0.4, 0.5) is 0 Å². The van der Waals surface area contributed by atoms with E-state index in [2.05, 4.69) is 10.4 Å². The molecule has 1 N–H and O–H groups in total. The number of hydrogen-bond donors (Lipinski definition) is 1. The number of thiophene rings is 1. The summed E-state index contributed by atoms with van der Waals surface area (Å²) in [6, 6.07) is 2.01. The number of aryl methyl sites for hydroxylation is 2. The molecular weight excluding hydrogens is 310 g/mol. The highest BCUT2D eigenvalue weighted by atomic mass is 32.1. The van der Waals surface area contributed by atoms with E-state index in [1.54, 1.807) is 11.3 Å². The highest BCUT2D eigenvalue weighted by Gasteiger charge is 2.35. The van der Waals surface area contributed by atoms with Crippen molar-refractivity contribution in [2.24, 2.45) is 7.05 Å². The van der Waals surface area contributed by atoms with E-state index in [1.165, 1.54) is 0 Å². The molecule has 23 heavy (non-hydrogen) atoms. The van der Waals surface area contributed by atoms with Gasteiger partial charge >= 0.3 is 0 Å². The average molecular weight is 333 g/mol. The smallest absolute Gasteiger partial charge is 0.227 e. The largest absolute Gasteiger partial charge is 0.371 e. The van der Waals surface area contributed by atoms with Crippen LogP contribution < -0.4 is 5.32 Å². The van der Waals surface area contributed by atoms with Crippen molar-refractivity contribution < 1.29 is 9.53 Å². The fourth-order valence-corrected chi connectivity index (χ4v) is 3.96. The van der Waals surface area contributed by atoms with Crippen LogP contribution in [-0.2, 0) is 16.6 Å². The van der Waals surface area contributed by atoms with Crippen LogP contribution in [0.25, 0.3) is 0 Å². The maximum Gasteiger partial charge on any atom is 0.227 e. The van der Waals surface area contributed by atoms with Gasteiger partial charge in [0.1, 0.15) is 6.10 Å². The summed E-state index contributed by atoms with van der Waals surface area (Å²) in [5, 5.41) is 11.7. The molecule has 1 fully saturated rings. The van der Waals surface area contributed by atoms with Crippen molar-refractivity contribution in [3.05, 3.63) is 39.3 Å². The first-order valence-electron chi connectivity index (χ1n) is 7.93. The Morgan fingerprint density at radius 3 is 2.91 bits per heavy atom. The van der Waals surface area contributed by atoms with Crippen molar-refractivity contribution >= 4 is 17.2 Å². The van der Waals surface area contributed by atoms with E-state index < -0.39 is 0 Å². The molecule has 0 saturated carbocycles. The van der Waals surface area contributed by atoms with Gasteiger partial charge in [-0.15, -0.1) is 0 Å². The zero-order valence-electron chi connectivity index (χ0n) is 14.0. The maximum absolute atomic E-state index is 12.6. The molecule has 3 atom stereocenters. The van der Waals surface area contributed by atoms with E-state index in [-0.39, 0.29) is 24.0 Å². The minimum absolute atomic E-state index is 0.00480. The second kappa shape index (κ2) is 6.45. The highest BCUT2D eigenvalue weighted by molar-refractivity contribution is 7.08. The summed E-state index contributed by atoms with van der Waals surface area (Å²) in [6.45, 7) is 6.65. The summed E-state index contributed by atoms with van der Waals surface area (Å²) in [7, 11) is 1.94. The maximum atomic E-state index is 12.6. The SMILES string of the molecule is Cc1nn(C)c(C)c1[C@H]1OCC[C@@H]1NC(=O)[C@H](C)c1ccsc1. The molecule has 124 valence electrons. The van der Waals surface area contributed by atoms with Crippen LogP contribution in [0.5, 0.6) is 0 Å². The van der Waals surface area contributed by atoms with Crippen LogP contribution in [0.15, 0.2) is 16.8 Å². The fraction of sp³-hybridized carbons (Fsp3) is 0.529. The van der Waals surface area contributed by atoms with Crippen LogP contribution in [0.3, 0.4) is 0 Å². The lowest BCUT2D eigenvalue weighted by atomic mass is 9.98. The van der Waals surface area contributed by atoms with Gasteiger partial charge in [-0.2, -0.15) is 16.4 Å². The molecule has 1 saturated heterocycles. The summed E-state index contributed by atoms with van der Waals surface area (Å²) in [6.07, 6.45) is 0.725. The first-order chi connectivity index (χ1) is 11.0. The Bertz CT molecular complexity index is 693. The molecule has 0 spiro atoms. The zero-order chi connectivity index (χ0) is 16.6. The van der Waals surface area contributed by atoms with Crippen molar-refractivity contribution in [2.75, 3.05) is 6.61 Å². The molecule has 5 nitrogen and oxygen atoms in total. The number of hydrogen-bond acceptors (Lipinski definition) is 4. The first kappa shape index (κ1) is 16.2. The summed E-state index contributed by atoms with van der Waals surface area (Å²) in [5.74, 6) is -0.0818. The predicted octanol–water partition coefficient (Wildman–Crippen LogP) is 2.85. The van der Waals surface area contributed by atoms with Crippen molar-refractivity contribution in [2.45, 2.75) is 45.3 Å². The van der Waals surface area contributed by atoms with Gasteiger partial charge in [-0.25, -0.2) is 0 Å². The number of nitrogens with zero attached hydrogens (tertiary/aromatic N) is 2. The Balaban J connectivity index is 1.76. The number of amides is 1.